The fourth-order valence-corrected chi connectivity index (χ4v) is 3.21. The van der Waals surface area contributed by atoms with Crippen molar-refractivity contribution in [3.05, 3.63) is 54.4 Å². The van der Waals surface area contributed by atoms with Crippen LogP contribution in [-0.4, -0.2) is 48.8 Å². The molecule has 1 atom stereocenters. The van der Waals surface area contributed by atoms with Gasteiger partial charge in [0.2, 0.25) is 0 Å². The van der Waals surface area contributed by atoms with Crippen LogP contribution in [0, 0.1) is 0 Å². The lowest BCUT2D eigenvalue weighted by molar-refractivity contribution is 0.190. The number of ether oxygens (including phenoxy) is 1. The first-order chi connectivity index (χ1) is 13.2. The van der Waals surface area contributed by atoms with Crippen molar-refractivity contribution in [2.24, 2.45) is 0 Å². The summed E-state index contributed by atoms with van der Waals surface area (Å²) in [5.41, 5.74) is 2.69. The van der Waals surface area contributed by atoms with Crippen molar-refractivity contribution < 1.29 is 9.26 Å². The van der Waals surface area contributed by atoms with E-state index in [1.54, 1.807) is 7.11 Å². The molecule has 2 N–H and O–H groups in total. The van der Waals surface area contributed by atoms with E-state index in [-0.39, 0.29) is 18.4 Å². The van der Waals surface area contributed by atoms with Crippen LogP contribution in [0.25, 0.3) is 11.5 Å². The summed E-state index contributed by atoms with van der Waals surface area (Å²) in [5, 5.41) is 11.0. The number of benzene rings is 2. The number of methoxy groups -OCH3 is 1. The van der Waals surface area contributed by atoms with E-state index in [2.05, 4.69) is 32.7 Å². The zero-order valence-corrected chi connectivity index (χ0v) is 16.7. The van der Waals surface area contributed by atoms with Gasteiger partial charge in [-0.15, -0.1) is 12.4 Å². The molecule has 148 valence electrons. The third-order valence-electron chi connectivity index (χ3n) is 4.76. The minimum absolute atomic E-state index is 0. The van der Waals surface area contributed by atoms with Gasteiger partial charge in [-0.1, -0.05) is 23.4 Å². The summed E-state index contributed by atoms with van der Waals surface area (Å²) in [6, 6.07) is 15.8. The van der Waals surface area contributed by atoms with Crippen molar-refractivity contribution >= 4 is 23.8 Å². The third kappa shape index (κ3) is 4.27. The van der Waals surface area contributed by atoms with Crippen molar-refractivity contribution in [3.63, 3.8) is 0 Å². The highest BCUT2D eigenvalue weighted by Gasteiger charge is 2.26. The molecule has 1 aromatic heterocycles. The molecule has 7 nitrogen and oxygen atoms in total. The smallest absolute Gasteiger partial charge is 0.260 e. The lowest BCUT2D eigenvalue weighted by Gasteiger charge is -2.30. The first kappa shape index (κ1) is 20.1. The largest absolute Gasteiger partial charge is 0.497 e. The van der Waals surface area contributed by atoms with E-state index < -0.39 is 0 Å². The third-order valence-corrected chi connectivity index (χ3v) is 4.76. The molecule has 0 spiro atoms. The molecule has 8 heteroatoms. The molecule has 28 heavy (non-hydrogen) atoms. The van der Waals surface area contributed by atoms with E-state index in [0.717, 1.165) is 42.3 Å². The van der Waals surface area contributed by atoms with Gasteiger partial charge in [0.05, 0.1) is 24.4 Å². The topological polar surface area (TPSA) is 75.5 Å². The summed E-state index contributed by atoms with van der Waals surface area (Å²) >= 11 is 0. The predicted octanol–water partition coefficient (Wildman–Crippen LogP) is 3.49. The van der Waals surface area contributed by atoms with E-state index in [4.69, 9.17) is 9.26 Å². The molecule has 1 aliphatic rings. The van der Waals surface area contributed by atoms with Crippen LogP contribution in [-0.2, 0) is 0 Å². The van der Waals surface area contributed by atoms with Crippen LogP contribution in [0.3, 0.4) is 0 Å². The Morgan fingerprint density at radius 2 is 2.07 bits per heavy atom. The van der Waals surface area contributed by atoms with Crippen LogP contribution in [0.1, 0.15) is 11.9 Å². The van der Waals surface area contributed by atoms with Gasteiger partial charge < -0.3 is 19.9 Å². The number of para-hydroxylation sites is 1. The standard InChI is InChI=1S/C20H23N5O2.ClH/c1-25-11-10-21-13-18(25)19-23-20(27-24-19)16-8-3-4-9-17(16)22-14-6-5-7-15(12-14)26-2;/h3-9,12,18,21-22H,10-11,13H2,1-2H3;1H. The molecular weight excluding hydrogens is 378 g/mol. The molecule has 4 rings (SSSR count). The molecule has 1 fully saturated rings. The second-order valence-corrected chi connectivity index (χ2v) is 6.56. The second kappa shape index (κ2) is 9.05. The first-order valence-corrected chi connectivity index (χ1v) is 8.99. The quantitative estimate of drug-likeness (QED) is 0.677. The van der Waals surface area contributed by atoms with E-state index in [1.807, 2.05) is 48.5 Å². The molecule has 0 bridgehead atoms. The average Bonchev–Trinajstić information content (AvgIpc) is 3.18. The molecule has 0 radical (unpaired) electrons. The lowest BCUT2D eigenvalue weighted by atomic mass is 10.1. The Hall–Kier alpha value is -2.61. The Kier molecular flexibility index (Phi) is 6.51. The van der Waals surface area contributed by atoms with Crippen molar-refractivity contribution in [3.8, 4) is 17.2 Å². The summed E-state index contributed by atoms with van der Waals surface area (Å²) in [7, 11) is 3.74. The fraction of sp³-hybridized carbons (Fsp3) is 0.300. The maximum atomic E-state index is 5.60. The van der Waals surface area contributed by atoms with E-state index in [0.29, 0.717) is 11.7 Å². The average molecular weight is 402 g/mol. The molecule has 0 aliphatic carbocycles. The van der Waals surface area contributed by atoms with Crippen molar-refractivity contribution in [2.45, 2.75) is 6.04 Å². The maximum absolute atomic E-state index is 5.60. The number of anilines is 2. The van der Waals surface area contributed by atoms with Gasteiger partial charge in [0.15, 0.2) is 5.82 Å². The number of piperazine rings is 1. The van der Waals surface area contributed by atoms with E-state index >= 15 is 0 Å². The molecular formula is C20H24ClN5O2. The number of hydrogen-bond donors (Lipinski definition) is 2. The SMILES string of the molecule is COc1cccc(Nc2ccccc2-c2nc(C3CNCCN3C)no2)c1.Cl. The van der Waals surface area contributed by atoms with Crippen LogP contribution < -0.4 is 15.4 Å². The van der Waals surface area contributed by atoms with Crippen LogP contribution >= 0.6 is 12.4 Å². The molecule has 2 aromatic carbocycles. The van der Waals surface area contributed by atoms with Crippen LogP contribution in [0.4, 0.5) is 11.4 Å². The van der Waals surface area contributed by atoms with Crippen LogP contribution in [0.15, 0.2) is 53.1 Å². The van der Waals surface area contributed by atoms with Gasteiger partial charge in [0.1, 0.15) is 5.75 Å². The number of aromatic nitrogens is 2. The van der Waals surface area contributed by atoms with Gasteiger partial charge >= 0.3 is 0 Å². The lowest BCUT2D eigenvalue weighted by Crippen LogP contribution is -2.44. The monoisotopic (exact) mass is 401 g/mol. The van der Waals surface area contributed by atoms with E-state index in [1.165, 1.54) is 0 Å². The number of hydrogen-bond acceptors (Lipinski definition) is 7. The second-order valence-electron chi connectivity index (χ2n) is 6.56. The van der Waals surface area contributed by atoms with Gasteiger partial charge in [-0.2, -0.15) is 4.98 Å². The number of nitrogens with one attached hydrogen (secondary N) is 2. The first-order valence-electron chi connectivity index (χ1n) is 8.99. The Morgan fingerprint density at radius 1 is 1.21 bits per heavy atom. The van der Waals surface area contributed by atoms with Crippen molar-refractivity contribution in [1.82, 2.24) is 20.4 Å². The zero-order valence-electron chi connectivity index (χ0n) is 15.9. The Labute approximate surface area is 170 Å². The normalized spacial score (nSPS) is 17.0. The molecule has 1 aliphatic heterocycles. The number of rotatable bonds is 5. The van der Waals surface area contributed by atoms with Gasteiger partial charge in [-0.3, -0.25) is 4.90 Å². The minimum Gasteiger partial charge on any atom is -0.497 e. The summed E-state index contributed by atoms with van der Waals surface area (Å²) in [6.07, 6.45) is 0. The highest BCUT2D eigenvalue weighted by atomic mass is 35.5. The Balaban J connectivity index is 0.00000225. The Morgan fingerprint density at radius 3 is 2.89 bits per heavy atom. The Bertz CT molecular complexity index is 917. The molecule has 1 unspecified atom stereocenters. The minimum atomic E-state index is 0. The van der Waals surface area contributed by atoms with Crippen molar-refractivity contribution in [1.29, 1.82) is 0 Å². The fourth-order valence-electron chi connectivity index (χ4n) is 3.21. The number of likely N-dealkylation sites (N-methyl/N-ethyl adjacent to an activating group) is 1. The van der Waals surface area contributed by atoms with Crippen LogP contribution in [0.2, 0.25) is 0 Å². The molecule has 0 saturated carbocycles. The number of halogens is 1. The predicted molar refractivity (Wildman–Crippen MR) is 111 cm³/mol. The van der Waals surface area contributed by atoms with Gasteiger partial charge in [-0.05, 0) is 31.3 Å². The summed E-state index contributed by atoms with van der Waals surface area (Å²) in [6.45, 7) is 2.76. The molecule has 3 aromatic rings. The van der Waals surface area contributed by atoms with Gasteiger partial charge in [0, 0.05) is 31.4 Å². The summed E-state index contributed by atoms with van der Waals surface area (Å²) in [5.74, 6) is 2.01. The molecule has 1 saturated heterocycles. The highest BCUT2D eigenvalue weighted by molar-refractivity contribution is 5.85. The maximum Gasteiger partial charge on any atom is 0.260 e. The van der Waals surface area contributed by atoms with Crippen LogP contribution in [0.5, 0.6) is 5.75 Å². The summed E-state index contributed by atoms with van der Waals surface area (Å²) < 4.78 is 10.9. The molecule has 0 amide bonds. The summed E-state index contributed by atoms with van der Waals surface area (Å²) in [4.78, 5) is 6.91. The zero-order chi connectivity index (χ0) is 18.6. The van der Waals surface area contributed by atoms with Crippen molar-refractivity contribution in [2.75, 3.05) is 39.1 Å². The highest BCUT2D eigenvalue weighted by Crippen LogP contribution is 2.31. The van der Waals surface area contributed by atoms with E-state index in [9.17, 15) is 0 Å². The van der Waals surface area contributed by atoms with Gasteiger partial charge in [0.25, 0.3) is 5.89 Å². The molecule has 2 heterocycles. The van der Waals surface area contributed by atoms with Gasteiger partial charge in [-0.25, -0.2) is 0 Å². The number of nitrogens with zero attached hydrogens (tertiary/aromatic N) is 3.